The number of carbonyl (C=O) groups excluding carboxylic acids is 1. The molecule has 0 spiro atoms. The zero-order valence-corrected chi connectivity index (χ0v) is 9.01. The molecule has 0 saturated heterocycles. The molecular formula is C12H13NO3. The monoisotopic (exact) mass is 219 g/mol. The van der Waals surface area contributed by atoms with Gasteiger partial charge in [0.1, 0.15) is 0 Å². The Hall–Kier alpha value is -1.86. The Morgan fingerprint density at radius 3 is 2.62 bits per heavy atom. The highest BCUT2D eigenvalue weighted by Crippen LogP contribution is 2.18. The lowest BCUT2D eigenvalue weighted by Crippen LogP contribution is -2.04. The first-order valence-corrected chi connectivity index (χ1v) is 4.92. The van der Waals surface area contributed by atoms with E-state index in [2.05, 4.69) is 4.74 Å². The second-order valence-corrected chi connectivity index (χ2v) is 3.36. The van der Waals surface area contributed by atoms with Crippen LogP contribution in [0.4, 0.5) is 0 Å². The number of aliphatic hydroxyl groups is 1. The molecule has 0 saturated carbocycles. The van der Waals surface area contributed by atoms with Gasteiger partial charge in [-0.3, -0.25) is 4.79 Å². The highest BCUT2D eigenvalue weighted by molar-refractivity contribution is 5.69. The SMILES string of the molecule is COC(=O)CCC(O)c1ccc(C#N)cc1. The van der Waals surface area contributed by atoms with Gasteiger partial charge in [0.2, 0.25) is 0 Å². The average molecular weight is 219 g/mol. The highest BCUT2D eigenvalue weighted by atomic mass is 16.5. The number of nitrogens with zero attached hydrogens (tertiary/aromatic N) is 1. The van der Waals surface area contributed by atoms with Crippen LogP contribution in [-0.2, 0) is 9.53 Å². The Morgan fingerprint density at radius 1 is 1.50 bits per heavy atom. The van der Waals surface area contributed by atoms with E-state index in [-0.39, 0.29) is 12.4 Å². The van der Waals surface area contributed by atoms with Gasteiger partial charge >= 0.3 is 5.97 Å². The van der Waals surface area contributed by atoms with Crippen LogP contribution in [-0.4, -0.2) is 18.2 Å². The van der Waals surface area contributed by atoms with Gasteiger partial charge in [-0.25, -0.2) is 0 Å². The molecule has 0 amide bonds. The summed E-state index contributed by atoms with van der Waals surface area (Å²) in [4.78, 5) is 10.9. The van der Waals surface area contributed by atoms with Crippen LogP contribution in [0.15, 0.2) is 24.3 Å². The topological polar surface area (TPSA) is 70.3 Å². The first kappa shape index (κ1) is 12.2. The maximum absolute atomic E-state index is 10.9. The van der Waals surface area contributed by atoms with E-state index in [1.165, 1.54) is 7.11 Å². The molecule has 1 aromatic carbocycles. The van der Waals surface area contributed by atoms with Gasteiger partial charge in [0.25, 0.3) is 0 Å². The minimum atomic E-state index is -0.702. The normalized spacial score (nSPS) is 11.6. The number of aliphatic hydroxyl groups excluding tert-OH is 1. The summed E-state index contributed by atoms with van der Waals surface area (Å²) in [5.74, 6) is -0.340. The average Bonchev–Trinajstić information content (AvgIpc) is 2.35. The van der Waals surface area contributed by atoms with Crippen molar-refractivity contribution in [3.8, 4) is 6.07 Å². The third kappa shape index (κ3) is 3.37. The van der Waals surface area contributed by atoms with Crippen molar-refractivity contribution in [2.45, 2.75) is 18.9 Å². The zero-order valence-electron chi connectivity index (χ0n) is 9.01. The molecule has 1 N–H and O–H groups in total. The molecule has 0 fully saturated rings. The summed E-state index contributed by atoms with van der Waals surface area (Å²) in [6, 6.07) is 8.63. The summed E-state index contributed by atoms with van der Waals surface area (Å²) in [6.07, 6.45) is -0.206. The van der Waals surface area contributed by atoms with Gasteiger partial charge in [0, 0.05) is 6.42 Å². The van der Waals surface area contributed by atoms with Gasteiger partial charge in [-0.05, 0) is 24.1 Å². The first-order chi connectivity index (χ1) is 7.67. The molecule has 0 heterocycles. The lowest BCUT2D eigenvalue weighted by atomic mass is 10.0. The summed E-state index contributed by atoms with van der Waals surface area (Å²) < 4.78 is 4.48. The van der Waals surface area contributed by atoms with Gasteiger partial charge in [-0.1, -0.05) is 12.1 Å². The molecule has 0 radical (unpaired) electrons. The highest BCUT2D eigenvalue weighted by Gasteiger charge is 2.10. The van der Waals surface area contributed by atoms with E-state index < -0.39 is 6.10 Å². The quantitative estimate of drug-likeness (QED) is 0.780. The Labute approximate surface area is 94.1 Å². The Morgan fingerprint density at radius 2 is 2.12 bits per heavy atom. The van der Waals surface area contributed by atoms with Crippen molar-refractivity contribution in [1.82, 2.24) is 0 Å². The molecule has 0 aliphatic rings. The molecule has 4 heteroatoms. The number of hydrogen-bond acceptors (Lipinski definition) is 4. The van der Waals surface area contributed by atoms with E-state index in [0.29, 0.717) is 17.5 Å². The number of esters is 1. The maximum Gasteiger partial charge on any atom is 0.305 e. The van der Waals surface area contributed by atoms with Crippen LogP contribution in [0.2, 0.25) is 0 Å². The van der Waals surface area contributed by atoms with Crippen LogP contribution in [0, 0.1) is 11.3 Å². The van der Waals surface area contributed by atoms with Crippen molar-refractivity contribution in [3.63, 3.8) is 0 Å². The molecule has 0 bridgehead atoms. The fourth-order valence-corrected chi connectivity index (χ4v) is 1.30. The number of nitriles is 1. The third-order valence-corrected chi connectivity index (χ3v) is 2.27. The predicted octanol–water partition coefficient (Wildman–Crippen LogP) is 1.54. The van der Waals surface area contributed by atoms with Gasteiger partial charge in [-0.15, -0.1) is 0 Å². The van der Waals surface area contributed by atoms with Gasteiger partial charge < -0.3 is 9.84 Å². The lowest BCUT2D eigenvalue weighted by Gasteiger charge is -2.09. The van der Waals surface area contributed by atoms with Gasteiger partial charge in [-0.2, -0.15) is 5.26 Å². The van der Waals surface area contributed by atoms with Crippen molar-refractivity contribution >= 4 is 5.97 Å². The van der Waals surface area contributed by atoms with E-state index in [9.17, 15) is 9.90 Å². The molecule has 4 nitrogen and oxygen atoms in total. The predicted molar refractivity (Wildman–Crippen MR) is 57.4 cm³/mol. The van der Waals surface area contributed by atoms with E-state index >= 15 is 0 Å². The molecule has 0 aromatic heterocycles. The van der Waals surface area contributed by atoms with Crippen molar-refractivity contribution < 1.29 is 14.6 Å². The smallest absolute Gasteiger partial charge is 0.305 e. The molecule has 84 valence electrons. The Bertz CT molecular complexity index is 392. The number of hydrogen-bond donors (Lipinski definition) is 1. The molecule has 1 atom stereocenters. The van der Waals surface area contributed by atoms with E-state index in [0.717, 1.165) is 0 Å². The standard InChI is InChI=1S/C12H13NO3/c1-16-12(15)7-6-11(14)10-4-2-9(8-13)3-5-10/h2-5,11,14H,6-7H2,1H3. The number of carbonyl (C=O) groups is 1. The fraction of sp³-hybridized carbons (Fsp3) is 0.333. The Kier molecular flexibility index (Phi) is 4.49. The summed E-state index contributed by atoms with van der Waals surface area (Å²) >= 11 is 0. The Balaban J connectivity index is 2.56. The van der Waals surface area contributed by atoms with Crippen LogP contribution in [0.1, 0.15) is 30.1 Å². The summed E-state index contributed by atoms with van der Waals surface area (Å²) in [5.41, 5.74) is 1.24. The number of benzene rings is 1. The summed E-state index contributed by atoms with van der Waals surface area (Å²) in [7, 11) is 1.32. The first-order valence-electron chi connectivity index (χ1n) is 4.92. The number of methoxy groups -OCH3 is 1. The molecule has 1 aromatic rings. The van der Waals surface area contributed by atoms with E-state index in [1.807, 2.05) is 6.07 Å². The summed E-state index contributed by atoms with van der Waals surface area (Å²) in [5, 5.41) is 18.3. The third-order valence-electron chi connectivity index (χ3n) is 2.27. The minimum absolute atomic E-state index is 0.178. The largest absolute Gasteiger partial charge is 0.469 e. The van der Waals surface area contributed by atoms with Crippen LogP contribution < -0.4 is 0 Å². The zero-order chi connectivity index (χ0) is 12.0. The number of rotatable bonds is 4. The second-order valence-electron chi connectivity index (χ2n) is 3.36. The second kappa shape index (κ2) is 5.89. The number of ether oxygens (including phenoxy) is 1. The van der Waals surface area contributed by atoms with Crippen LogP contribution >= 0.6 is 0 Å². The molecule has 0 aliphatic carbocycles. The van der Waals surface area contributed by atoms with Crippen LogP contribution in [0.25, 0.3) is 0 Å². The molecule has 16 heavy (non-hydrogen) atoms. The maximum atomic E-state index is 10.9. The van der Waals surface area contributed by atoms with E-state index in [1.54, 1.807) is 24.3 Å². The van der Waals surface area contributed by atoms with E-state index in [4.69, 9.17) is 5.26 Å². The lowest BCUT2D eigenvalue weighted by molar-refractivity contribution is -0.141. The van der Waals surface area contributed by atoms with Crippen molar-refractivity contribution in [3.05, 3.63) is 35.4 Å². The molecule has 1 unspecified atom stereocenters. The van der Waals surface area contributed by atoms with Crippen molar-refractivity contribution in [2.24, 2.45) is 0 Å². The molecular weight excluding hydrogens is 206 g/mol. The molecule has 0 aliphatic heterocycles. The van der Waals surface area contributed by atoms with Crippen LogP contribution in [0.5, 0.6) is 0 Å². The van der Waals surface area contributed by atoms with Crippen molar-refractivity contribution in [1.29, 1.82) is 5.26 Å². The fourth-order valence-electron chi connectivity index (χ4n) is 1.30. The molecule has 1 rings (SSSR count). The van der Waals surface area contributed by atoms with Gasteiger partial charge in [0.15, 0.2) is 0 Å². The summed E-state index contributed by atoms with van der Waals surface area (Å²) in [6.45, 7) is 0. The van der Waals surface area contributed by atoms with Gasteiger partial charge in [0.05, 0.1) is 24.8 Å². The van der Waals surface area contributed by atoms with Crippen LogP contribution in [0.3, 0.4) is 0 Å². The van der Waals surface area contributed by atoms with Crippen molar-refractivity contribution in [2.75, 3.05) is 7.11 Å². The minimum Gasteiger partial charge on any atom is -0.469 e.